The van der Waals surface area contributed by atoms with E-state index in [1.165, 1.54) is 12.8 Å². The van der Waals surface area contributed by atoms with Crippen LogP contribution in [0.15, 0.2) is 18.2 Å². The van der Waals surface area contributed by atoms with Gasteiger partial charge in [0.25, 0.3) is 0 Å². The summed E-state index contributed by atoms with van der Waals surface area (Å²) in [6.45, 7) is 7.31. The standard InChI is InChI=1S/C27H38ClF6N3O/c1-20-6-12-36(13-7-20)17-22-15-21(4-5-23(22)28)16-37-14-10-25(18-37,9-11-35-19-38)8-2-3-24(26(29,30)31)27(32,33)34/h4-5,15,19-20,24H,2-3,6-14,16-18H2,1H3,(H,35,38). The Hall–Kier alpha value is -1.52. The lowest BCUT2D eigenvalue weighted by molar-refractivity contribution is -0.286. The highest BCUT2D eigenvalue weighted by atomic mass is 35.5. The van der Waals surface area contributed by atoms with Gasteiger partial charge in [-0.3, -0.25) is 14.6 Å². The van der Waals surface area contributed by atoms with Crippen molar-refractivity contribution in [1.82, 2.24) is 15.1 Å². The zero-order chi connectivity index (χ0) is 28.0. The molecule has 3 rings (SSSR count). The molecule has 0 radical (unpaired) electrons. The number of amides is 1. The van der Waals surface area contributed by atoms with E-state index in [4.69, 9.17) is 11.6 Å². The molecule has 2 saturated heterocycles. The second-order valence-corrected chi connectivity index (χ2v) is 11.6. The summed E-state index contributed by atoms with van der Waals surface area (Å²) in [5.74, 6) is -2.58. The van der Waals surface area contributed by atoms with Gasteiger partial charge in [-0.25, -0.2) is 0 Å². The molecule has 1 unspecified atom stereocenters. The van der Waals surface area contributed by atoms with Crippen LogP contribution in [0.3, 0.4) is 0 Å². The van der Waals surface area contributed by atoms with E-state index in [1.807, 2.05) is 12.1 Å². The van der Waals surface area contributed by atoms with Crippen LogP contribution in [0.4, 0.5) is 26.3 Å². The molecule has 216 valence electrons. The Morgan fingerprint density at radius 2 is 1.74 bits per heavy atom. The first-order valence-corrected chi connectivity index (χ1v) is 13.7. The van der Waals surface area contributed by atoms with Crippen LogP contribution in [0.25, 0.3) is 0 Å². The van der Waals surface area contributed by atoms with E-state index >= 15 is 0 Å². The fourth-order valence-corrected chi connectivity index (χ4v) is 6.03. The molecule has 1 aromatic rings. The quantitative estimate of drug-likeness (QED) is 0.171. The van der Waals surface area contributed by atoms with Gasteiger partial charge in [-0.05, 0) is 86.7 Å². The molecule has 1 atom stereocenters. The molecule has 0 spiro atoms. The molecule has 1 aromatic carbocycles. The van der Waals surface area contributed by atoms with Gasteiger partial charge in [-0.15, -0.1) is 0 Å². The highest BCUT2D eigenvalue weighted by Crippen LogP contribution is 2.45. The van der Waals surface area contributed by atoms with Gasteiger partial charge in [0.1, 0.15) is 0 Å². The lowest BCUT2D eigenvalue weighted by Gasteiger charge is -2.31. The monoisotopic (exact) mass is 569 g/mol. The number of carbonyl (C=O) groups is 1. The fourth-order valence-electron chi connectivity index (χ4n) is 5.85. The fraction of sp³-hybridized carbons (Fsp3) is 0.741. The third kappa shape index (κ3) is 9.01. The maximum absolute atomic E-state index is 13.0. The molecule has 2 fully saturated rings. The van der Waals surface area contributed by atoms with E-state index in [1.54, 1.807) is 0 Å². The second kappa shape index (κ2) is 13.2. The number of rotatable bonds is 12. The van der Waals surface area contributed by atoms with Crippen molar-refractivity contribution in [3.05, 3.63) is 34.3 Å². The van der Waals surface area contributed by atoms with E-state index < -0.39 is 30.1 Å². The van der Waals surface area contributed by atoms with Crippen LogP contribution < -0.4 is 5.32 Å². The van der Waals surface area contributed by atoms with E-state index in [-0.39, 0.29) is 12.8 Å². The van der Waals surface area contributed by atoms with Gasteiger partial charge in [0.05, 0.1) is 0 Å². The van der Waals surface area contributed by atoms with Crippen molar-refractivity contribution in [1.29, 1.82) is 0 Å². The molecule has 1 N–H and O–H groups in total. The number of benzene rings is 1. The minimum Gasteiger partial charge on any atom is -0.359 e. The SMILES string of the molecule is CC1CCN(Cc2cc(CN3CCC(CCCC(C(F)(F)F)C(F)(F)F)(CCNC=O)C3)ccc2Cl)CC1. The maximum Gasteiger partial charge on any atom is 0.400 e. The van der Waals surface area contributed by atoms with E-state index in [9.17, 15) is 31.1 Å². The molecular formula is C27H38ClF6N3O. The van der Waals surface area contributed by atoms with Crippen molar-refractivity contribution in [2.75, 3.05) is 32.7 Å². The first kappa shape index (κ1) is 31.0. The lowest BCUT2D eigenvalue weighted by Crippen LogP contribution is -2.37. The van der Waals surface area contributed by atoms with E-state index in [2.05, 4.69) is 28.1 Å². The van der Waals surface area contributed by atoms with Crippen molar-refractivity contribution < 1.29 is 31.1 Å². The Kier molecular flexibility index (Phi) is 10.8. The first-order chi connectivity index (χ1) is 17.8. The second-order valence-electron chi connectivity index (χ2n) is 11.2. The first-order valence-electron chi connectivity index (χ1n) is 13.3. The zero-order valence-corrected chi connectivity index (χ0v) is 22.6. The Labute approximate surface area is 226 Å². The summed E-state index contributed by atoms with van der Waals surface area (Å²) in [6, 6.07) is 5.96. The minimum absolute atomic E-state index is 0.182. The third-order valence-corrected chi connectivity index (χ3v) is 8.55. The Bertz CT molecular complexity index is 890. The highest BCUT2D eigenvalue weighted by Gasteiger charge is 2.56. The van der Waals surface area contributed by atoms with Crippen molar-refractivity contribution in [3.8, 4) is 0 Å². The molecule has 4 nitrogen and oxygen atoms in total. The molecule has 1 amide bonds. The van der Waals surface area contributed by atoms with E-state index in [0.717, 1.165) is 36.7 Å². The van der Waals surface area contributed by atoms with Crippen LogP contribution in [-0.4, -0.2) is 61.3 Å². The predicted octanol–water partition coefficient (Wildman–Crippen LogP) is 6.81. The topological polar surface area (TPSA) is 35.6 Å². The number of nitrogens with one attached hydrogen (secondary N) is 1. The normalized spacial score (nSPS) is 22.3. The number of hydrogen-bond donors (Lipinski definition) is 1. The van der Waals surface area contributed by atoms with Crippen LogP contribution in [0, 0.1) is 17.3 Å². The van der Waals surface area contributed by atoms with Gasteiger partial charge in [0.15, 0.2) is 5.92 Å². The predicted molar refractivity (Wildman–Crippen MR) is 136 cm³/mol. The summed E-state index contributed by atoms with van der Waals surface area (Å²) in [4.78, 5) is 15.3. The minimum atomic E-state index is -5.31. The van der Waals surface area contributed by atoms with Gasteiger partial charge < -0.3 is 5.32 Å². The molecule has 38 heavy (non-hydrogen) atoms. The summed E-state index contributed by atoms with van der Waals surface area (Å²) >= 11 is 6.49. The highest BCUT2D eigenvalue weighted by molar-refractivity contribution is 6.31. The molecule has 0 aromatic heterocycles. The summed E-state index contributed by atoms with van der Waals surface area (Å²) in [6.07, 6.45) is -7.50. The maximum atomic E-state index is 13.0. The van der Waals surface area contributed by atoms with Gasteiger partial charge in [0.2, 0.25) is 6.41 Å². The number of carbonyl (C=O) groups excluding carboxylic acids is 1. The van der Waals surface area contributed by atoms with Crippen molar-refractivity contribution in [2.45, 2.75) is 77.3 Å². The number of likely N-dealkylation sites (tertiary alicyclic amines) is 2. The summed E-state index contributed by atoms with van der Waals surface area (Å²) < 4.78 is 78.0. The average molecular weight is 570 g/mol. The van der Waals surface area contributed by atoms with E-state index in [0.29, 0.717) is 50.5 Å². The summed E-state index contributed by atoms with van der Waals surface area (Å²) in [5, 5.41) is 3.30. The molecule has 0 aliphatic carbocycles. The van der Waals surface area contributed by atoms with Crippen LogP contribution in [-0.2, 0) is 17.9 Å². The van der Waals surface area contributed by atoms with Gasteiger partial charge in [-0.1, -0.05) is 37.1 Å². The number of alkyl halides is 6. The smallest absolute Gasteiger partial charge is 0.359 e. The van der Waals surface area contributed by atoms with Gasteiger partial charge in [-0.2, -0.15) is 26.3 Å². The number of piperidine rings is 1. The van der Waals surface area contributed by atoms with Crippen molar-refractivity contribution >= 4 is 18.0 Å². The molecule has 0 bridgehead atoms. The van der Waals surface area contributed by atoms with Crippen LogP contribution >= 0.6 is 11.6 Å². The number of halogens is 7. The lowest BCUT2D eigenvalue weighted by atomic mass is 9.78. The third-order valence-electron chi connectivity index (χ3n) is 8.18. The number of nitrogens with zero attached hydrogens (tertiary/aromatic N) is 2. The van der Waals surface area contributed by atoms with Crippen LogP contribution in [0.5, 0.6) is 0 Å². The largest absolute Gasteiger partial charge is 0.400 e. The molecule has 2 heterocycles. The Morgan fingerprint density at radius 1 is 1.05 bits per heavy atom. The summed E-state index contributed by atoms with van der Waals surface area (Å²) in [5.41, 5.74) is 1.69. The average Bonchev–Trinajstić information content (AvgIpc) is 3.21. The molecule has 11 heteroatoms. The van der Waals surface area contributed by atoms with Crippen LogP contribution in [0.2, 0.25) is 5.02 Å². The van der Waals surface area contributed by atoms with Gasteiger partial charge >= 0.3 is 12.4 Å². The molecular weight excluding hydrogens is 532 g/mol. The van der Waals surface area contributed by atoms with Crippen molar-refractivity contribution in [3.63, 3.8) is 0 Å². The molecule has 0 saturated carbocycles. The number of hydrogen-bond acceptors (Lipinski definition) is 3. The van der Waals surface area contributed by atoms with Gasteiger partial charge in [0, 0.05) is 31.2 Å². The van der Waals surface area contributed by atoms with Crippen LogP contribution in [0.1, 0.15) is 63.0 Å². The van der Waals surface area contributed by atoms with Crippen molar-refractivity contribution in [2.24, 2.45) is 17.3 Å². The molecule has 2 aliphatic heterocycles. The Morgan fingerprint density at radius 3 is 2.37 bits per heavy atom. The molecule has 2 aliphatic rings. The summed E-state index contributed by atoms with van der Waals surface area (Å²) in [7, 11) is 0. The Balaban J connectivity index is 1.62. The zero-order valence-electron chi connectivity index (χ0n) is 21.8.